The Morgan fingerprint density at radius 3 is 1.90 bits per heavy atom. The fourth-order valence-corrected chi connectivity index (χ4v) is 3.60. The van der Waals surface area contributed by atoms with Crippen molar-refractivity contribution in [2.24, 2.45) is 0 Å². The first kappa shape index (κ1) is 18.6. The molecule has 1 saturated heterocycles. The van der Waals surface area contributed by atoms with Gasteiger partial charge in [-0.1, -0.05) is 48.5 Å². The van der Waals surface area contributed by atoms with E-state index in [4.69, 9.17) is 4.84 Å². The smallest absolute Gasteiger partial charge is 0.264 e. The second-order valence-electron chi connectivity index (χ2n) is 6.67. The number of para-hydroxylation sites is 1. The molecule has 0 bridgehead atoms. The molecule has 0 amide bonds. The Kier molecular flexibility index (Phi) is 4.92. The summed E-state index contributed by atoms with van der Waals surface area (Å²) in [5.74, 6) is 0. The summed E-state index contributed by atoms with van der Waals surface area (Å²) in [5, 5.41) is 24.6. The summed E-state index contributed by atoms with van der Waals surface area (Å²) >= 11 is 0. The standard InChI is InChI=1S/C21H17N3O5/c25-23(26)18-13-11-16(12-14-18)21-20(24(27)28)19(15-7-3-1-4-8-15)22(29-21)17-9-5-2-6-10-17/h1-14,19-21H/t19-,20-,21+/m1/s1. The number of nitro benzene ring substituents is 1. The molecule has 0 radical (unpaired) electrons. The van der Waals surface area contributed by atoms with E-state index >= 15 is 0 Å². The molecule has 0 N–H and O–H groups in total. The Balaban J connectivity index is 1.80. The van der Waals surface area contributed by atoms with Crippen molar-refractivity contribution in [2.45, 2.75) is 18.2 Å². The summed E-state index contributed by atoms with van der Waals surface area (Å²) in [6.45, 7) is 0. The number of non-ortho nitro benzene ring substituents is 1. The van der Waals surface area contributed by atoms with Crippen molar-refractivity contribution < 1.29 is 14.7 Å². The molecule has 1 aliphatic heterocycles. The maximum absolute atomic E-state index is 12.1. The lowest BCUT2D eigenvalue weighted by Gasteiger charge is -2.24. The third-order valence-electron chi connectivity index (χ3n) is 4.94. The van der Waals surface area contributed by atoms with E-state index in [1.165, 1.54) is 24.3 Å². The molecular weight excluding hydrogens is 374 g/mol. The van der Waals surface area contributed by atoms with Gasteiger partial charge in [0, 0.05) is 17.1 Å². The summed E-state index contributed by atoms with van der Waals surface area (Å²) < 4.78 is 0. The number of rotatable bonds is 5. The van der Waals surface area contributed by atoms with Gasteiger partial charge in [0.05, 0.1) is 10.6 Å². The number of nitro groups is 2. The van der Waals surface area contributed by atoms with E-state index in [9.17, 15) is 20.2 Å². The molecule has 0 aromatic heterocycles. The van der Waals surface area contributed by atoms with E-state index in [1.807, 2.05) is 60.7 Å². The van der Waals surface area contributed by atoms with Crippen LogP contribution in [0.25, 0.3) is 0 Å². The molecule has 0 saturated carbocycles. The van der Waals surface area contributed by atoms with Crippen LogP contribution in [0.5, 0.6) is 0 Å². The molecule has 8 heteroatoms. The first-order valence-electron chi connectivity index (χ1n) is 9.00. The van der Waals surface area contributed by atoms with Gasteiger partial charge in [-0.2, -0.15) is 0 Å². The van der Waals surface area contributed by atoms with E-state index in [-0.39, 0.29) is 10.6 Å². The molecule has 1 heterocycles. The highest BCUT2D eigenvalue weighted by Crippen LogP contribution is 2.45. The number of anilines is 1. The third-order valence-corrected chi connectivity index (χ3v) is 4.94. The molecule has 1 fully saturated rings. The van der Waals surface area contributed by atoms with E-state index in [2.05, 4.69) is 0 Å². The largest absolute Gasteiger partial charge is 0.272 e. The van der Waals surface area contributed by atoms with Crippen LogP contribution < -0.4 is 5.06 Å². The Bertz CT molecular complexity index is 1010. The van der Waals surface area contributed by atoms with E-state index in [0.717, 1.165) is 5.56 Å². The molecule has 29 heavy (non-hydrogen) atoms. The summed E-state index contributed by atoms with van der Waals surface area (Å²) in [7, 11) is 0. The number of hydroxylamine groups is 1. The van der Waals surface area contributed by atoms with Gasteiger partial charge >= 0.3 is 0 Å². The van der Waals surface area contributed by atoms with Crippen molar-refractivity contribution in [3.05, 3.63) is 116 Å². The molecule has 146 valence electrons. The molecule has 8 nitrogen and oxygen atoms in total. The molecule has 3 atom stereocenters. The van der Waals surface area contributed by atoms with Gasteiger partial charge in [0.25, 0.3) is 11.7 Å². The normalized spacial score (nSPS) is 21.1. The average Bonchev–Trinajstić information content (AvgIpc) is 3.16. The van der Waals surface area contributed by atoms with Gasteiger partial charge in [-0.15, -0.1) is 0 Å². The van der Waals surface area contributed by atoms with Crippen LogP contribution in [0.3, 0.4) is 0 Å². The Morgan fingerprint density at radius 2 is 1.34 bits per heavy atom. The van der Waals surface area contributed by atoms with Gasteiger partial charge in [0.1, 0.15) is 0 Å². The highest BCUT2D eigenvalue weighted by molar-refractivity contribution is 5.49. The zero-order valence-corrected chi connectivity index (χ0v) is 15.2. The summed E-state index contributed by atoms with van der Waals surface area (Å²) in [4.78, 5) is 28.3. The van der Waals surface area contributed by atoms with Gasteiger partial charge in [-0.05, 0) is 35.4 Å². The molecule has 4 rings (SSSR count). The molecule has 3 aromatic carbocycles. The van der Waals surface area contributed by atoms with Gasteiger partial charge in [0.2, 0.25) is 0 Å². The Hall–Kier alpha value is -3.78. The van der Waals surface area contributed by atoms with E-state index in [0.29, 0.717) is 11.3 Å². The fourth-order valence-electron chi connectivity index (χ4n) is 3.60. The lowest BCUT2D eigenvalue weighted by atomic mass is 9.93. The molecule has 0 unspecified atom stereocenters. The van der Waals surface area contributed by atoms with Crippen molar-refractivity contribution >= 4 is 11.4 Å². The average molecular weight is 391 g/mol. The zero-order chi connectivity index (χ0) is 20.4. The second kappa shape index (κ2) is 7.69. The van der Waals surface area contributed by atoms with Crippen molar-refractivity contribution in [1.29, 1.82) is 0 Å². The van der Waals surface area contributed by atoms with Crippen LogP contribution in [0.1, 0.15) is 23.3 Å². The quantitative estimate of drug-likeness (QED) is 0.470. The third kappa shape index (κ3) is 3.53. The second-order valence-corrected chi connectivity index (χ2v) is 6.67. The minimum Gasteiger partial charge on any atom is -0.264 e. The number of benzene rings is 3. The topological polar surface area (TPSA) is 98.8 Å². The van der Waals surface area contributed by atoms with Crippen LogP contribution in [-0.2, 0) is 4.84 Å². The predicted octanol–water partition coefficient (Wildman–Crippen LogP) is 4.47. The SMILES string of the molecule is O=[N+]([O-])c1ccc([C@@H]2ON(c3ccccc3)[C@H](c3ccccc3)[C@H]2[N+](=O)[O-])cc1. The van der Waals surface area contributed by atoms with E-state index in [1.54, 1.807) is 5.06 Å². The van der Waals surface area contributed by atoms with Crippen LogP contribution in [0.4, 0.5) is 11.4 Å². The van der Waals surface area contributed by atoms with Gasteiger partial charge < -0.3 is 0 Å². The van der Waals surface area contributed by atoms with Crippen molar-refractivity contribution in [3.63, 3.8) is 0 Å². The van der Waals surface area contributed by atoms with Gasteiger partial charge in [-0.25, -0.2) is 5.06 Å². The minimum atomic E-state index is -1.10. The van der Waals surface area contributed by atoms with Crippen molar-refractivity contribution in [2.75, 3.05) is 5.06 Å². The summed E-state index contributed by atoms with van der Waals surface area (Å²) in [6, 6.07) is 22.3. The van der Waals surface area contributed by atoms with Crippen LogP contribution in [0.2, 0.25) is 0 Å². The van der Waals surface area contributed by atoms with Crippen LogP contribution in [0, 0.1) is 20.2 Å². The molecule has 1 aliphatic rings. The minimum absolute atomic E-state index is 0.0797. The Morgan fingerprint density at radius 1 is 0.759 bits per heavy atom. The first-order valence-corrected chi connectivity index (χ1v) is 9.00. The van der Waals surface area contributed by atoms with Crippen LogP contribution in [-0.4, -0.2) is 15.9 Å². The number of nitrogens with zero attached hydrogens (tertiary/aromatic N) is 3. The fraction of sp³-hybridized carbons (Fsp3) is 0.143. The van der Waals surface area contributed by atoms with Crippen molar-refractivity contribution in [3.8, 4) is 0 Å². The highest BCUT2D eigenvalue weighted by Gasteiger charge is 2.53. The molecule has 0 spiro atoms. The number of hydrogen-bond acceptors (Lipinski definition) is 6. The lowest BCUT2D eigenvalue weighted by molar-refractivity contribution is -0.531. The summed E-state index contributed by atoms with van der Waals surface area (Å²) in [5.41, 5.74) is 1.88. The van der Waals surface area contributed by atoms with Gasteiger partial charge in [0.15, 0.2) is 12.1 Å². The lowest BCUT2D eigenvalue weighted by Crippen LogP contribution is -2.32. The molecule has 0 aliphatic carbocycles. The zero-order valence-electron chi connectivity index (χ0n) is 15.2. The molecule has 3 aromatic rings. The van der Waals surface area contributed by atoms with Gasteiger partial charge in [-0.3, -0.25) is 25.1 Å². The first-order chi connectivity index (χ1) is 14.1. The Labute approximate surface area is 166 Å². The van der Waals surface area contributed by atoms with Crippen molar-refractivity contribution in [1.82, 2.24) is 0 Å². The predicted molar refractivity (Wildman–Crippen MR) is 106 cm³/mol. The van der Waals surface area contributed by atoms with Crippen LogP contribution in [0.15, 0.2) is 84.9 Å². The molecular formula is C21H17N3O5. The monoisotopic (exact) mass is 391 g/mol. The number of hydrogen-bond donors (Lipinski definition) is 0. The summed E-state index contributed by atoms with van der Waals surface area (Å²) in [6.07, 6.45) is -0.892. The maximum Gasteiger partial charge on any atom is 0.272 e. The van der Waals surface area contributed by atoms with Crippen LogP contribution >= 0.6 is 0 Å². The highest BCUT2D eigenvalue weighted by atomic mass is 16.7. The van der Waals surface area contributed by atoms with E-state index < -0.39 is 23.1 Å². The maximum atomic E-state index is 12.1.